The lowest BCUT2D eigenvalue weighted by atomic mass is 9.91. The molecule has 2 aromatic rings. The van der Waals surface area contributed by atoms with E-state index in [1.165, 1.54) is 4.90 Å². The molecule has 0 aromatic heterocycles. The molecule has 1 aliphatic rings. The van der Waals surface area contributed by atoms with Crippen molar-refractivity contribution in [1.29, 1.82) is 0 Å². The zero-order valence-electron chi connectivity index (χ0n) is 16.3. The highest BCUT2D eigenvalue weighted by molar-refractivity contribution is 5.94. The Labute approximate surface area is 164 Å². The number of esters is 1. The van der Waals surface area contributed by atoms with E-state index in [9.17, 15) is 9.59 Å². The second-order valence-corrected chi connectivity index (χ2v) is 6.93. The lowest BCUT2D eigenvalue weighted by Gasteiger charge is -2.23. The SMILES string of the molecule is C=C1N[C@@](C)(c2ccc(C)cc2)C(=O)N1CC(=O)OCc1ccccc1OC. The van der Waals surface area contributed by atoms with Crippen molar-refractivity contribution in [3.8, 4) is 5.75 Å². The van der Waals surface area contributed by atoms with Gasteiger partial charge in [0, 0.05) is 5.56 Å². The lowest BCUT2D eigenvalue weighted by Crippen LogP contribution is -2.41. The van der Waals surface area contributed by atoms with Gasteiger partial charge in [-0.05, 0) is 25.5 Å². The Hall–Kier alpha value is -3.28. The normalized spacial score (nSPS) is 18.8. The number of ether oxygens (including phenoxy) is 2. The molecule has 0 radical (unpaired) electrons. The van der Waals surface area contributed by atoms with Crippen molar-refractivity contribution in [3.05, 3.63) is 77.6 Å². The van der Waals surface area contributed by atoms with Gasteiger partial charge in [-0.3, -0.25) is 14.5 Å². The maximum Gasteiger partial charge on any atom is 0.326 e. The Balaban J connectivity index is 1.67. The molecule has 6 nitrogen and oxygen atoms in total. The van der Waals surface area contributed by atoms with Crippen LogP contribution in [-0.4, -0.2) is 30.4 Å². The molecular weight excluding hydrogens is 356 g/mol. The zero-order chi connectivity index (χ0) is 20.3. The Kier molecular flexibility index (Phi) is 5.40. The predicted molar refractivity (Wildman–Crippen MR) is 105 cm³/mol. The van der Waals surface area contributed by atoms with Gasteiger partial charge in [-0.25, -0.2) is 0 Å². The van der Waals surface area contributed by atoms with Crippen LogP contribution in [0.15, 0.2) is 60.9 Å². The van der Waals surface area contributed by atoms with Crippen LogP contribution in [0.5, 0.6) is 5.75 Å². The largest absolute Gasteiger partial charge is 0.496 e. The van der Waals surface area contributed by atoms with Crippen molar-refractivity contribution >= 4 is 11.9 Å². The maximum atomic E-state index is 13.0. The number of rotatable bonds is 6. The van der Waals surface area contributed by atoms with E-state index in [0.29, 0.717) is 11.6 Å². The van der Waals surface area contributed by atoms with E-state index >= 15 is 0 Å². The smallest absolute Gasteiger partial charge is 0.326 e. The third-order valence-electron chi connectivity index (χ3n) is 4.89. The molecule has 28 heavy (non-hydrogen) atoms. The number of carbonyl (C=O) groups excluding carboxylic acids is 2. The van der Waals surface area contributed by atoms with E-state index in [-0.39, 0.29) is 19.1 Å². The number of methoxy groups -OCH3 is 1. The Morgan fingerprint density at radius 2 is 1.86 bits per heavy atom. The van der Waals surface area contributed by atoms with E-state index in [1.807, 2.05) is 49.4 Å². The molecular formula is C22H24N2O4. The topological polar surface area (TPSA) is 67.9 Å². The average Bonchev–Trinajstić information content (AvgIpc) is 2.91. The van der Waals surface area contributed by atoms with Gasteiger partial charge in [-0.15, -0.1) is 0 Å². The van der Waals surface area contributed by atoms with Gasteiger partial charge < -0.3 is 14.8 Å². The summed E-state index contributed by atoms with van der Waals surface area (Å²) in [5.41, 5.74) is 1.71. The van der Waals surface area contributed by atoms with Crippen LogP contribution < -0.4 is 10.1 Å². The molecule has 2 aromatic carbocycles. The Morgan fingerprint density at radius 3 is 2.54 bits per heavy atom. The zero-order valence-corrected chi connectivity index (χ0v) is 16.3. The first-order valence-electron chi connectivity index (χ1n) is 8.99. The molecule has 6 heteroatoms. The van der Waals surface area contributed by atoms with Crippen LogP contribution >= 0.6 is 0 Å². The summed E-state index contributed by atoms with van der Waals surface area (Å²) >= 11 is 0. The van der Waals surface area contributed by atoms with Crippen molar-refractivity contribution < 1.29 is 19.1 Å². The van der Waals surface area contributed by atoms with Crippen molar-refractivity contribution in [1.82, 2.24) is 10.2 Å². The van der Waals surface area contributed by atoms with Crippen LogP contribution in [0.3, 0.4) is 0 Å². The van der Waals surface area contributed by atoms with Crippen molar-refractivity contribution in [2.24, 2.45) is 0 Å². The molecule has 146 valence electrons. The molecule has 0 bridgehead atoms. The van der Waals surface area contributed by atoms with Crippen molar-refractivity contribution in [3.63, 3.8) is 0 Å². The summed E-state index contributed by atoms with van der Waals surface area (Å²) in [4.78, 5) is 26.7. The second kappa shape index (κ2) is 7.76. The quantitative estimate of drug-likeness (QED) is 0.781. The number of carbonyl (C=O) groups is 2. The van der Waals surface area contributed by atoms with Crippen LogP contribution in [0, 0.1) is 6.92 Å². The van der Waals surface area contributed by atoms with Gasteiger partial charge in [0.2, 0.25) is 0 Å². The fraction of sp³-hybridized carbons (Fsp3) is 0.273. The number of benzene rings is 2. The number of para-hydroxylation sites is 1. The first-order chi connectivity index (χ1) is 13.3. The predicted octanol–water partition coefficient (Wildman–Crippen LogP) is 2.87. The number of aryl methyl sites for hydroxylation is 1. The molecule has 1 N–H and O–H groups in total. The number of hydrogen-bond acceptors (Lipinski definition) is 5. The highest BCUT2D eigenvalue weighted by atomic mass is 16.5. The van der Waals surface area contributed by atoms with Crippen molar-refractivity contribution in [2.45, 2.75) is 26.0 Å². The van der Waals surface area contributed by atoms with Gasteiger partial charge in [-0.2, -0.15) is 0 Å². The highest BCUT2D eigenvalue weighted by Crippen LogP contribution is 2.31. The first kappa shape index (κ1) is 19.5. The molecule has 0 spiro atoms. The lowest BCUT2D eigenvalue weighted by molar-refractivity contribution is -0.149. The van der Waals surface area contributed by atoms with Gasteiger partial charge in [-0.1, -0.05) is 54.6 Å². The molecule has 0 saturated carbocycles. The van der Waals surface area contributed by atoms with E-state index in [4.69, 9.17) is 9.47 Å². The van der Waals surface area contributed by atoms with Crippen LogP contribution in [0.2, 0.25) is 0 Å². The van der Waals surface area contributed by atoms with E-state index < -0.39 is 11.5 Å². The summed E-state index contributed by atoms with van der Waals surface area (Å²) in [5.74, 6) is 0.263. The summed E-state index contributed by atoms with van der Waals surface area (Å²) < 4.78 is 10.6. The van der Waals surface area contributed by atoms with Gasteiger partial charge in [0.15, 0.2) is 0 Å². The molecule has 1 aliphatic heterocycles. The summed E-state index contributed by atoms with van der Waals surface area (Å²) in [6.07, 6.45) is 0. The number of amides is 1. The van der Waals surface area contributed by atoms with Gasteiger partial charge in [0.1, 0.15) is 30.3 Å². The summed E-state index contributed by atoms with van der Waals surface area (Å²) in [6.45, 7) is 7.52. The molecule has 0 unspecified atom stereocenters. The third-order valence-corrected chi connectivity index (χ3v) is 4.89. The molecule has 1 amide bonds. The van der Waals surface area contributed by atoms with Crippen LogP contribution in [0.4, 0.5) is 0 Å². The summed E-state index contributed by atoms with van der Waals surface area (Å²) in [7, 11) is 1.56. The molecule has 1 saturated heterocycles. The minimum absolute atomic E-state index is 0.0695. The maximum absolute atomic E-state index is 13.0. The molecule has 1 heterocycles. The Bertz CT molecular complexity index is 907. The van der Waals surface area contributed by atoms with Crippen molar-refractivity contribution in [2.75, 3.05) is 13.7 Å². The fourth-order valence-corrected chi connectivity index (χ4v) is 3.21. The van der Waals surface area contributed by atoms with Crippen LogP contribution in [0.25, 0.3) is 0 Å². The van der Waals surface area contributed by atoms with Crippen LogP contribution in [-0.2, 0) is 26.5 Å². The highest BCUT2D eigenvalue weighted by Gasteiger charge is 2.46. The minimum atomic E-state index is -0.965. The Morgan fingerprint density at radius 1 is 1.18 bits per heavy atom. The average molecular weight is 380 g/mol. The van der Waals surface area contributed by atoms with E-state index in [2.05, 4.69) is 11.9 Å². The summed E-state index contributed by atoms with van der Waals surface area (Å²) in [5, 5.41) is 3.12. The summed E-state index contributed by atoms with van der Waals surface area (Å²) in [6, 6.07) is 15.0. The van der Waals surface area contributed by atoms with Gasteiger partial charge in [0.25, 0.3) is 5.91 Å². The van der Waals surface area contributed by atoms with Crippen LogP contribution in [0.1, 0.15) is 23.6 Å². The first-order valence-corrected chi connectivity index (χ1v) is 8.99. The molecule has 1 fully saturated rings. The molecule has 1 atom stereocenters. The van der Waals surface area contributed by atoms with E-state index in [0.717, 1.165) is 16.7 Å². The fourth-order valence-electron chi connectivity index (χ4n) is 3.21. The standard InChI is InChI=1S/C22H24N2O4/c1-15-9-11-18(12-10-15)22(3)21(26)24(16(2)23-22)13-20(25)28-14-17-7-5-6-8-19(17)27-4/h5-12,23H,2,13-14H2,1,3-4H3/t22-/m0/s1. The van der Waals surface area contributed by atoms with E-state index in [1.54, 1.807) is 20.1 Å². The molecule has 3 rings (SSSR count). The second-order valence-electron chi connectivity index (χ2n) is 6.93. The minimum Gasteiger partial charge on any atom is -0.496 e. The number of hydrogen-bond donors (Lipinski definition) is 1. The number of nitrogens with one attached hydrogen (secondary N) is 1. The third kappa shape index (κ3) is 3.71. The van der Waals surface area contributed by atoms with Gasteiger partial charge in [0.05, 0.1) is 7.11 Å². The van der Waals surface area contributed by atoms with Gasteiger partial charge >= 0.3 is 5.97 Å². The molecule has 0 aliphatic carbocycles. The monoisotopic (exact) mass is 380 g/mol. The number of nitrogens with zero attached hydrogens (tertiary/aromatic N) is 1.